The molecule has 0 N–H and O–H groups in total. The lowest BCUT2D eigenvalue weighted by Gasteiger charge is -2.11. The molecule has 0 spiro atoms. The number of thiol groups is 1. The minimum Gasteiger partial charge on any atom is -0.156 e. The molecule has 4 rings (SSSR count). The highest BCUT2D eigenvalue weighted by molar-refractivity contribution is 8.18. The minimum absolute atomic E-state index is 0.0632. The molecule has 1 heterocycles. The van der Waals surface area contributed by atoms with Crippen LogP contribution in [-0.2, 0) is 4.08 Å². The lowest BCUT2D eigenvalue weighted by molar-refractivity contribution is 1.09. The molecule has 0 amide bonds. The van der Waals surface area contributed by atoms with E-state index in [2.05, 4.69) is 82.5 Å². The molecule has 1 unspecified atom stereocenters. The summed E-state index contributed by atoms with van der Waals surface area (Å²) in [6.45, 7) is 17.0. The maximum atomic E-state index is 4.74. The molecule has 0 bridgehead atoms. The van der Waals surface area contributed by atoms with E-state index < -0.39 is 0 Å². The number of allylic oxidation sites excluding steroid dienone is 2. The van der Waals surface area contributed by atoms with Crippen LogP contribution >= 0.6 is 24.4 Å². The van der Waals surface area contributed by atoms with Crippen molar-refractivity contribution < 1.29 is 0 Å². The van der Waals surface area contributed by atoms with Crippen molar-refractivity contribution in [3.8, 4) is 0 Å². The van der Waals surface area contributed by atoms with Crippen molar-refractivity contribution in [2.24, 2.45) is 0 Å². The maximum Gasteiger partial charge on any atom is 0.0923 e. The molecule has 1 aliphatic heterocycles. The van der Waals surface area contributed by atoms with Crippen molar-refractivity contribution in [2.75, 3.05) is 5.75 Å². The third-order valence-electron chi connectivity index (χ3n) is 4.00. The van der Waals surface area contributed by atoms with Gasteiger partial charge in [0.25, 0.3) is 0 Å². The number of aryl methyl sites for hydroxylation is 1. The van der Waals surface area contributed by atoms with Crippen LogP contribution in [0.5, 0.6) is 0 Å². The van der Waals surface area contributed by atoms with E-state index in [1.54, 1.807) is 12.2 Å². The van der Waals surface area contributed by atoms with Gasteiger partial charge in [-0.15, -0.1) is 24.9 Å². The van der Waals surface area contributed by atoms with Crippen LogP contribution in [0, 0.1) is 6.92 Å². The van der Waals surface area contributed by atoms with Gasteiger partial charge in [-0.05, 0) is 65.6 Å². The molecule has 1 aliphatic rings. The van der Waals surface area contributed by atoms with E-state index in [0.29, 0.717) is 0 Å². The van der Waals surface area contributed by atoms with Gasteiger partial charge in [-0.2, -0.15) is 12.6 Å². The van der Waals surface area contributed by atoms with Crippen LogP contribution < -0.4 is 0 Å². The largest absolute Gasteiger partial charge is 0.156 e. The molecule has 28 heavy (non-hydrogen) atoms. The van der Waals surface area contributed by atoms with E-state index in [0.717, 1.165) is 5.75 Å². The van der Waals surface area contributed by atoms with Crippen LogP contribution in [0.15, 0.2) is 73.8 Å². The molecule has 0 radical (unpaired) electrons. The Kier molecular flexibility index (Phi) is 10.5. The van der Waals surface area contributed by atoms with E-state index in [1.165, 1.54) is 39.1 Å². The van der Waals surface area contributed by atoms with Crippen LogP contribution in [0.4, 0.5) is 0 Å². The zero-order valence-electron chi connectivity index (χ0n) is 18.0. The smallest absolute Gasteiger partial charge is 0.0923 e. The van der Waals surface area contributed by atoms with Gasteiger partial charge in [-0.3, -0.25) is 0 Å². The second-order valence-electron chi connectivity index (χ2n) is 6.76. The van der Waals surface area contributed by atoms with Gasteiger partial charge in [0.1, 0.15) is 0 Å². The molecule has 1 saturated heterocycles. The number of fused-ring (bicyclic) bond motifs is 2. The Balaban J connectivity index is 0.000000376. The number of benzene rings is 3. The van der Waals surface area contributed by atoms with Crippen LogP contribution in [0.3, 0.4) is 0 Å². The zero-order chi connectivity index (χ0) is 21.2. The number of thioether (sulfide) groups is 1. The molecule has 0 nitrogen and oxygen atoms in total. The van der Waals surface area contributed by atoms with Gasteiger partial charge in [-0.1, -0.05) is 68.8 Å². The summed E-state index contributed by atoms with van der Waals surface area (Å²) in [6, 6.07) is 17.7. The van der Waals surface area contributed by atoms with Gasteiger partial charge in [0.2, 0.25) is 0 Å². The molecule has 150 valence electrons. The second-order valence-corrected chi connectivity index (χ2v) is 9.10. The Morgan fingerprint density at radius 1 is 0.964 bits per heavy atom. The van der Waals surface area contributed by atoms with Crippen molar-refractivity contribution in [3.63, 3.8) is 0 Å². The van der Waals surface area contributed by atoms with Gasteiger partial charge < -0.3 is 0 Å². The average molecular weight is 411 g/mol. The first-order chi connectivity index (χ1) is 13.4. The summed E-state index contributed by atoms with van der Waals surface area (Å²) in [5, 5.41) is 5.35. The van der Waals surface area contributed by atoms with Crippen LogP contribution in [0.1, 0.15) is 45.2 Å². The molecule has 0 aromatic heterocycles. The molecular formula is C26H34S2. The number of hydrogen-bond acceptors (Lipinski definition) is 2. The summed E-state index contributed by atoms with van der Waals surface area (Å²) in [7, 11) is 0. The highest BCUT2D eigenvalue weighted by Crippen LogP contribution is 2.57. The fourth-order valence-electron chi connectivity index (χ4n) is 2.78. The van der Waals surface area contributed by atoms with Crippen LogP contribution in [0.2, 0.25) is 0 Å². The lowest BCUT2D eigenvalue weighted by atomic mass is 9.96. The molecule has 3 aromatic carbocycles. The van der Waals surface area contributed by atoms with Gasteiger partial charge in [-0.25, -0.2) is 0 Å². The van der Waals surface area contributed by atoms with E-state index in [1.807, 2.05) is 25.6 Å². The average Bonchev–Trinajstić information content (AvgIpc) is 3.42. The quantitative estimate of drug-likeness (QED) is 0.181. The van der Waals surface area contributed by atoms with E-state index in [-0.39, 0.29) is 4.08 Å². The fraction of sp³-hybridized carbons (Fsp3) is 0.308. The zero-order valence-corrected chi connectivity index (χ0v) is 19.7. The first-order valence-electron chi connectivity index (χ1n) is 9.85. The highest BCUT2D eigenvalue weighted by atomic mass is 32.2. The standard InChI is InChI=1S/C17H14S2.C3H8.2C3H6/c1-11-15-5-3-2-4-12(15)8-13-9-14(6-7-16(11)13)17(18)10-19-17;3*1-3-2/h2-9,18H,10H2,1H3;3H2,1-2H3;2*3H,1H2,2H3. The highest BCUT2D eigenvalue weighted by Gasteiger charge is 2.41. The molecule has 2 heteroatoms. The topological polar surface area (TPSA) is 0 Å². The van der Waals surface area contributed by atoms with Crippen molar-refractivity contribution >= 4 is 45.9 Å². The Morgan fingerprint density at radius 3 is 2.00 bits per heavy atom. The van der Waals surface area contributed by atoms with Crippen molar-refractivity contribution in [3.05, 3.63) is 85.0 Å². The van der Waals surface area contributed by atoms with Crippen molar-refractivity contribution in [1.29, 1.82) is 0 Å². The first kappa shape index (κ1) is 24.4. The number of hydrogen-bond donors (Lipinski definition) is 1. The second kappa shape index (κ2) is 12.0. The monoisotopic (exact) mass is 410 g/mol. The lowest BCUT2D eigenvalue weighted by Crippen LogP contribution is -1.96. The Morgan fingerprint density at radius 2 is 1.46 bits per heavy atom. The maximum absolute atomic E-state index is 4.74. The Hall–Kier alpha value is -1.64. The predicted molar refractivity (Wildman–Crippen MR) is 137 cm³/mol. The van der Waals surface area contributed by atoms with Gasteiger partial charge in [0, 0.05) is 5.75 Å². The van der Waals surface area contributed by atoms with Gasteiger partial charge in [0.15, 0.2) is 0 Å². The minimum atomic E-state index is 0.0632. The van der Waals surface area contributed by atoms with Gasteiger partial charge >= 0.3 is 0 Å². The molecule has 0 aliphatic carbocycles. The fourth-order valence-corrected chi connectivity index (χ4v) is 3.71. The summed E-state index contributed by atoms with van der Waals surface area (Å²) in [5.41, 5.74) is 2.71. The summed E-state index contributed by atoms with van der Waals surface area (Å²) in [5.74, 6) is 1.12. The van der Waals surface area contributed by atoms with Crippen molar-refractivity contribution in [1.82, 2.24) is 0 Å². The summed E-state index contributed by atoms with van der Waals surface area (Å²) < 4.78 is 0.0632. The summed E-state index contributed by atoms with van der Waals surface area (Å²) >= 11 is 6.65. The molecule has 1 fully saturated rings. The Bertz CT molecular complexity index is 899. The first-order valence-corrected chi connectivity index (χ1v) is 11.3. The normalized spacial score (nSPS) is 16.5. The summed E-state index contributed by atoms with van der Waals surface area (Å²) in [4.78, 5) is 0. The van der Waals surface area contributed by atoms with Crippen molar-refractivity contribution in [2.45, 2.75) is 45.1 Å². The van der Waals surface area contributed by atoms with Gasteiger partial charge in [0.05, 0.1) is 4.08 Å². The third-order valence-corrected chi connectivity index (χ3v) is 6.10. The van der Waals surface area contributed by atoms with Crippen LogP contribution in [0.25, 0.3) is 21.5 Å². The Labute approximate surface area is 181 Å². The molecule has 1 atom stereocenters. The van der Waals surface area contributed by atoms with Crippen LogP contribution in [-0.4, -0.2) is 5.75 Å². The third kappa shape index (κ3) is 6.46. The van der Waals surface area contributed by atoms with E-state index in [4.69, 9.17) is 12.6 Å². The predicted octanol–water partition coefficient (Wildman–Crippen LogP) is 8.93. The SMILES string of the molecule is C=CC.C=CC.CCC.Cc1c2ccccc2cc2cc(C3(S)CS3)ccc12. The van der Waals surface area contributed by atoms with E-state index in [9.17, 15) is 0 Å². The number of rotatable bonds is 1. The van der Waals surface area contributed by atoms with E-state index >= 15 is 0 Å². The summed E-state index contributed by atoms with van der Waals surface area (Å²) in [6.07, 6.45) is 4.75. The molecule has 3 aromatic rings. The molecule has 0 saturated carbocycles. The molecular weight excluding hydrogens is 376 g/mol.